The van der Waals surface area contributed by atoms with E-state index in [0.29, 0.717) is 11.1 Å². The van der Waals surface area contributed by atoms with Crippen LogP contribution in [0.4, 0.5) is 0 Å². The topological polar surface area (TPSA) is 97.7 Å². The molecule has 3 heterocycles. The highest BCUT2D eigenvalue weighted by atomic mass is 16.4. The van der Waals surface area contributed by atoms with Gasteiger partial charge in [0.05, 0.1) is 23.5 Å². The van der Waals surface area contributed by atoms with Crippen LogP contribution in [0.5, 0.6) is 0 Å². The molecule has 0 amide bonds. The number of carbonyl (C=O) groups is 2. The minimum Gasteiger partial charge on any atom is -0.475 e. The maximum Gasteiger partial charge on any atom is 0.371 e. The van der Waals surface area contributed by atoms with Crippen molar-refractivity contribution < 1.29 is 19.1 Å². The molecule has 7 heteroatoms. The van der Waals surface area contributed by atoms with Crippen molar-refractivity contribution in [3.8, 4) is 0 Å². The molecule has 0 aliphatic heterocycles. The predicted molar refractivity (Wildman–Crippen MR) is 62.1 cm³/mol. The predicted octanol–water partition coefficient (Wildman–Crippen LogP) is 1.25. The second-order valence-electron chi connectivity index (χ2n) is 3.76. The van der Waals surface area contributed by atoms with Crippen LogP contribution in [0.15, 0.2) is 41.3 Å². The summed E-state index contributed by atoms with van der Waals surface area (Å²) >= 11 is 0. The van der Waals surface area contributed by atoms with Crippen LogP contribution in [0.2, 0.25) is 0 Å². The van der Waals surface area contributed by atoms with E-state index >= 15 is 0 Å². The van der Waals surface area contributed by atoms with Crippen molar-refractivity contribution in [1.29, 1.82) is 0 Å². The average molecular weight is 257 g/mol. The normalized spacial score (nSPS) is 10.7. The average Bonchev–Trinajstić information content (AvgIpc) is 3.05. The number of carbonyl (C=O) groups excluding carboxylic acids is 1. The fourth-order valence-electron chi connectivity index (χ4n) is 1.72. The Labute approximate surface area is 106 Å². The molecule has 3 aromatic rings. The number of hydrogen-bond acceptors (Lipinski definition) is 5. The third-order valence-electron chi connectivity index (χ3n) is 2.61. The first-order chi connectivity index (χ1) is 9.16. The van der Waals surface area contributed by atoms with E-state index in [0.717, 1.165) is 0 Å². The van der Waals surface area contributed by atoms with Crippen LogP contribution in [-0.4, -0.2) is 31.5 Å². The number of furan rings is 1. The molecule has 0 saturated heterocycles. The Hall–Kier alpha value is -2.96. The molecule has 3 rings (SSSR count). The smallest absolute Gasteiger partial charge is 0.371 e. The molecule has 0 bridgehead atoms. The van der Waals surface area contributed by atoms with Crippen molar-refractivity contribution in [3.63, 3.8) is 0 Å². The first-order valence-electron chi connectivity index (χ1n) is 5.32. The molecule has 0 aliphatic carbocycles. The lowest BCUT2D eigenvalue weighted by Gasteiger charge is -1.95. The fourth-order valence-corrected chi connectivity index (χ4v) is 1.72. The van der Waals surface area contributed by atoms with Gasteiger partial charge in [-0.3, -0.25) is 9.78 Å². The number of nitrogens with zero attached hydrogens (tertiary/aromatic N) is 3. The number of aromatic carboxylic acids is 1. The number of carboxylic acids is 1. The van der Waals surface area contributed by atoms with Crippen molar-refractivity contribution in [2.45, 2.75) is 0 Å². The highest BCUT2D eigenvalue weighted by molar-refractivity contribution is 6.11. The maximum absolute atomic E-state index is 12.2. The Balaban J connectivity index is 2.05. The van der Waals surface area contributed by atoms with Gasteiger partial charge >= 0.3 is 5.97 Å². The zero-order chi connectivity index (χ0) is 13.4. The van der Waals surface area contributed by atoms with Crippen molar-refractivity contribution in [2.24, 2.45) is 0 Å². The van der Waals surface area contributed by atoms with Crippen molar-refractivity contribution in [3.05, 3.63) is 54.0 Å². The molecule has 0 spiro atoms. The first-order valence-corrected chi connectivity index (χ1v) is 5.32. The Kier molecular flexibility index (Phi) is 2.38. The molecule has 0 unspecified atom stereocenters. The molecule has 0 aromatic carbocycles. The lowest BCUT2D eigenvalue weighted by atomic mass is 10.1. The highest BCUT2D eigenvalue weighted by Gasteiger charge is 2.19. The van der Waals surface area contributed by atoms with Crippen LogP contribution < -0.4 is 0 Å². The van der Waals surface area contributed by atoms with Gasteiger partial charge in [0.1, 0.15) is 0 Å². The molecule has 7 nitrogen and oxygen atoms in total. The molecule has 0 saturated carbocycles. The maximum atomic E-state index is 12.2. The number of ketones is 1. The van der Waals surface area contributed by atoms with Gasteiger partial charge in [-0.15, -0.1) is 0 Å². The third kappa shape index (κ3) is 1.77. The molecule has 3 aromatic heterocycles. The third-order valence-corrected chi connectivity index (χ3v) is 2.61. The minimum atomic E-state index is -1.22. The zero-order valence-electron chi connectivity index (χ0n) is 9.48. The Bertz CT molecular complexity index is 787. The van der Waals surface area contributed by atoms with E-state index in [1.54, 1.807) is 12.4 Å². The summed E-state index contributed by atoms with van der Waals surface area (Å²) < 4.78 is 6.47. The van der Waals surface area contributed by atoms with Crippen LogP contribution in [-0.2, 0) is 0 Å². The summed E-state index contributed by atoms with van der Waals surface area (Å²) in [5.41, 5.74) is 0.833. The number of aromatic nitrogens is 3. The van der Waals surface area contributed by atoms with E-state index < -0.39 is 11.8 Å². The van der Waals surface area contributed by atoms with Gasteiger partial charge in [-0.1, -0.05) is 0 Å². The molecule has 0 fully saturated rings. The van der Waals surface area contributed by atoms with Crippen molar-refractivity contribution in [2.75, 3.05) is 0 Å². The van der Waals surface area contributed by atoms with E-state index in [1.165, 1.54) is 29.0 Å². The molecule has 0 radical (unpaired) electrons. The van der Waals surface area contributed by atoms with E-state index in [9.17, 15) is 9.59 Å². The van der Waals surface area contributed by atoms with Crippen LogP contribution >= 0.6 is 0 Å². The highest BCUT2D eigenvalue weighted by Crippen LogP contribution is 2.17. The summed E-state index contributed by atoms with van der Waals surface area (Å²) in [5.74, 6) is -1.98. The molecular weight excluding hydrogens is 250 g/mol. The summed E-state index contributed by atoms with van der Waals surface area (Å²) in [7, 11) is 0. The van der Waals surface area contributed by atoms with Crippen LogP contribution in [0, 0.1) is 0 Å². The quantitative estimate of drug-likeness (QED) is 0.709. The number of hydrogen-bond donors (Lipinski definition) is 1. The zero-order valence-corrected chi connectivity index (χ0v) is 9.48. The second kappa shape index (κ2) is 4.05. The van der Waals surface area contributed by atoms with Crippen molar-refractivity contribution >= 4 is 17.3 Å². The van der Waals surface area contributed by atoms with E-state index in [2.05, 4.69) is 10.1 Å². The van der Waals surface area contributed by atoms with Gasteiger partial charge in [0.2, 0.25) is 11.5 Å². The number of carboxylic acid groups (broad SMARTS) is 1. The molecular formula is C12H7N3O4. The minimum absolute atomic E-state index is 0.0452. The summed E-state index contributed by atoms with van der Waals surface area (Å²) in [4.78, 5) is 26.8. The second-order valence-corrected chi connectivity index (χ2v) is 3.76. The van der Waals surface area contributed by atoms with Crippen molar-refractivity contribution in [1.82, 2.24) is 14.6 Å². The fraction of sp³-hybridized carbons (Fsp3) is 0. The Morgan fingerprint density at radius 1 is 1.21 bits per heavy atom. The van der Waals surface area contributed by atoms with Gasteiger partial charge in [-0.2, -0.15) is 5.10 Å². The summed E-state index contributed by atoms with van der Waals surface area (Å²) in [6, 6.07) is 2.56. The van der Waals surface area contributed by atoms with E-state index in [4.69, 9.17) is 9.52 Å². The monoisotopic (exact) mass is 257 g/mol. The summed E-state index contributed by atoms with van der Waals surface area (Å²) in [6.45, 7) is 0. The van der Waals surface area contributed by atoms with Gasteiger partial charge < -0.3 is 9.52 Å². The molecule has 1 N–H and O–H groups in total. The number of rotatable bonds is 3. The molecule has 94 valence electrons. The first kappa shape index (κ1) is 11.1. The molecule has 0 atom stereocenters. The van der Waals surface area contributed by atoms with E-state index in [-0.39, 0.29) is 11.5 Å². The van der Waals surface area contributed by atoms with Crippen LogP contribution in [0.25, 0.3) is 5.52 Å². The van der Waals surface area contributed by atoms with Gasteiger partial charge in [-0.05, 0) is 12.1 Å². The van der Waals surface area contributed by atoms with Gasteiger partial charge in [0.25, 0.3) is 0 Å². The standard InChI is InChI=1S/C12H7N3O4/c16-11(9-1-2-10(19-9)12(17)18)7-5-14-15-4-3-13-6-8(7)15/h1-6H,(H,17,18). The summed E-state index contributed by atoms with van der Waals surface area (Å²) in [6.07, 6.45) is 6.05. The largest absolute Gasteiger partial charge is 0.475 e. The number of fused-ring (bicyclic) bond motifs is 1. The van der Waals surface area contributed by atoms with Gasteiger partial charge in [0, 0.05) is 12.4 Å². The Morgan fingerprint density at radius 2 is 2.00 bits per heavy atom. The SMILES string of the molecule is O=C(O)c1ccc(C(=O)c2cnn3ccncc23)o1. The van der Waals surface area contributed by atoms with Crippen LogP contribution in [0.1, 0.15) is 26.7 Å². The summed E-state index contributed by atoms with van der Waals surface area (Å²) in [5, 5.41) is 12.8. The van der Waals surface area contributed by atoms with Crippen LogP contribution in [0.3, 0.4) is 0 Å². The van der Waals surface area contributed by atoms with E-state index in [1.807, 2.05) is 0 Å². The molecule has 19 heavy (non-hydrogen) atoms. The van der Waals surface area contributed by atoms with Gasteiger partial charge in [-0.25, -0.2) is 9.31 Å². The lowest BCUT2D eigenvalue weighted by Crippen LogP contribution is -2.00. The van der Waals surface area contributed by atoms with Gasteiger partial charge in [0.15, 0.2) is 5.76 Å². The Morgan fingerprint density at radius 3 is 2.74 bits per heavy atom. The molecule has 0 aliphatic rings. The lowest BCUT2D eigenvalue weighted by molar-refractivity contribution is 0.0660.